The zero-order valence-electron chi connectivity index (χ0n) is 18.7. The molecule has 1 aromatic heterocycles. The number of piperidine rings is 1. The van der Waals surface area contributed by atoms with Gasteiger partial charge in [0.05, 0.1) is 11.0 Å². The fraction of sp³-hybridized carbons (Fsp3) is 0.250. The predicted molar refractivity (Wildman–Crippen MR) is 131 cm³/mol. The number of carbonyl (C=O) groups is 2. The van der Waals surface area contributed by atoms with Gasteiger partial charge in [-0.15, -0.1) is 6.58 Å². The number of nitrogens with zero attached hydrogens (tertiary/aromatic N) is 2. The molecule has 0 aliphatic carbocycles. The van der Waals surface area contributed by atoms with Gasteiger partial charge in [-0.05, 0) is 48.1 Å². The van der Waals surface area contributed by atoms with Gasteiger partial charge < -0.3 is 10.2 Å². The lowest BCUT2D eigenvalue weighted by Crippen LogP contribution is -2.51. The van der Waals surface area contributed by atoms with Crippen molar-refractivity contribution in [2.75, 3.05) is 19.6 Å². The fourth-order valence-corrected chi connectivity index (χ4v) is 4.48. The van der Waals surface area contributed by atoms with E-state index < -0.39 is 5.41 Å². The standard InChI is InChI=1S/C28H29N3O2/c1-2-16-30-27(33)28(14-18-31(19-15-28)26(32)25-9-6-17-29-21-25)20-22-10-12-24(13-11-22)23-7-4-3-5-8-23/h2-13,17,21H,1,14-16,18-20H2,(H,30,33). The summed E-state index contributed by atoms with van der Waals surface area (Å²) in [7, 11) is 0. The molecule has 5 heteroatoms. The number of aromatic nitrogens is 1. The molecule has 168 valence electrons. The number of hydrogen-bond acceptors (Lipinski definition) is 3. The molecule has 1 N–H and O–H groups in total. The highest BCUT2D eigenvalue weighted by Gasteiger charge is 2.42. The summed E-state index contributed by atoms with van der Waals surface area (Å²) in [6.45, 7) is 5.23. The molecule has 0 bridgehead atoms. The van der Waals surface area contributed by atoms with Gasteiger partial charge in [-0.2, -0.15) is 0 Å². The van der Waals surface area contributed by atoms with Crippen LogP contribution in [0.1, 0.15) is 28.8 Å². The van der Waals surface area contributed by atoms with Gasteiger partial charge in [0.25, 0.3) is 5.91 Å². The van der Waals surface area contributed by atoms with E-state index in [-0.39, 0.29) is 11.8 Å². The number of carbonyl (C=O) groups excluding carboxylic acids is 2. The average molecular weight is 440 g/mol. The Hall–Kier alpha value is -3.73. The van der Waals surface area contributed by atoms with Crippen LogP contribution in [0.3, 0.4) is 0 Å². The number of hydrogen-bond donors (Lipinski definition) is 1. The number of amides is 2. The Balaban J connectivity index is 1.50. The van der Waals surface area contributed by atoms with Gasteiger partial charge in [-0.3, -0.25) is 14.6 Å². The summed E-state index contributed by atoms with van der Waals surface area (Å²) in [6, 6.07) is 22.2. The summed E-state index contributed by atoms with van der Waals surface area (Å²) in [5.41, 5.74) is 3.47. The molecule has 5 nitrogen and oxygen atoms in total. The second-order valence-corrected chi connectivity index (χ2v) is 8.55. The molecule has 4 rings (SSSR count). The summed E-state index contributed by atoms with van der Waals surface area (Å²) < 4.78 is 0. The summed E-state index contributed by atoms with van der Waals surface area (Å²) in [5.74, 6) is -0.00146. The first-order valence-corrected chi connectivity index (χ1v) is 11.3. The van der Waals surface area contributed by atoms with Gasteiger partial charge in [0.2, 0.25) is 5.91 Å². The first-order chi connectivity index (χ1) is 16.1. The van der Waals surface area contributed by atoms with Crippen molar-refractivity contribution in [2.24, 2.45) is 5.41 Å². The van der Waals surface area contributed by atoms with Crippen molar-refractivity contribution in [3.05, 3.63) is 103 Å². The van der Waals surface area contributed by atoms with E-state index in [1.807, 2.05) is 23.1 Å². The van der Waals surface area contributed by atoms with Crippen molar-refractivity contribution in [3.8, 4) is 11.1 Å². The van der Waals surface area contributed by atoms with E-state index in [4.69, 9.17) is 0 Å². The highest BCUT2D eigenvalue weighted by atomic mass is 16.2. The molecule has 2 aromatic carbocycles. The molecule has 33 heavy (non-hydrogen) atoms. The molecular weight excluding hydrogens is 410 g/mol. The first-order valence-electron chi connectivity index (χ1n) is 11.3. The molecule has 2 heterocycles. The topological polar surface area (TPSA) is 62.3 Å². The van der Waals surface area contributed by atoms with Gasteiger partial charge in [0.15, 0.2) is 0 Å². The van der Waals surface area contributed by atoms with Crippen molar-refractivity contribution < 1.29 is 9.59 Å². The molecule has 2 amide bonds. The number of rotatable bonds is 7. The van der Waals surface area contributed by atoms with E-state index in [0.29, 0.717) is 44.5 Å². The van der Waals surface area contributed by atoms with Crippen molar-refractivity contribution in [3.63, 3.8) is 0 Å². The Kier molecular flexibility index (Phi) is 6.98. The number of likely N-dealkylation sites (tertiary alicyclic amines) is 1. The fourth-order valence-electron chi connectivity index (χ4n) is 4.48. The maximum absolute atomic E-state index is 13.2. The van der Waals surface area contributed by atoms with Crippen molar-refractivity contribution in [2.45, 2.75) is 19.3 Å². The van der Waals surface area contributed by atoms with Crippen LogP contribution in [0.2, 0.25) is 0 Å². The molecule has 1 saturated heterocycles. The monoisotopic (exact) mass is 439 g/mol. The molecule has 0 unspecified atom stereocenters. The van der Waals surface area contributed by atoms with Crippen LogP contribution in [0.25, 0.3) is 11.1 Å². The van der Waals surface area contributed by atoms with E-state index in [2.05, 4.69) is 53.3 Å². The summed E-state index contributed by atoms with van der Waals surface area (Å²) in [4.78, 5) is 32.0. The third kappa shape index (κ3) is 5.20. The smallest absolute Gasteiger partial charge is 0.255 e. The second-order valence-electron chi connectivity index (χ2n) is 8.55. The second kappa shape index (κ2) is 10.3. The quantitative estimate of drug-likeness (QED) is 0.551. The zero-order chi connectivity index (χ0) is 23.1. The lowest BCUT2D eigenvalue weighted by molar-refractivity contribution is -0.133. The number of pyridine rings is 1. The van der Waals surface area contributed by atoms with E-state index >= 15 is 0 Å². The third-order valence-electron chi connectivity index (χ3n) is 6.41. The van der Waals surface area contributed by atoms with Crippen LogP contribution in [-0.4, -0.2) is 41.3 Å². The van der Waals surface area contributed by atoms with Crippen LogP contribution in [0.15, 0.2) is 91.8 Å². The van der Waals surface area contributed by atoms with E-state index in [0.717, 1.165) is 11.1 Å². The maximum Gasteiger partial charge on any atom is 0.255 e. The molecule has 0 atom stereocenters. The van der Waals surface area contributed by atoms with Crippen LogP contribution in [0.5, 0.6) is 0 Å². The lowest BCUT2D eigenvalue weighted by atomic mass is 9.72. The molecule has 0 radical (unpaired) electrons. The molecule has 3 aromatic rings. The van der Waals surface area contributed by atoms with Crippen LogP contribution in [0.4, 0.5) is 0 Å². The number of benzene rings is 2. The van der Waals surface area contributed by atoms with Crippen LogP contribution in [-0.2, 0) is 11.2 Å². The highest BCUT2D eigenvalue weighted by Crippen LogP contribution is 2.36. The Morgan fingerprint density at radius 1 is 0.970 bits per heavy atom. The first kappa shape index (κ1) is 22.5. The van der Waals surface area contributed by atoms with Crippen molar-refractivity contribution in [1.82, 2.24) is 15.2 Å². The summed E-state index contributed by atoms with van der Waals surface area (Å²) >= 11 is 0. The summed E-state index contributed by atoms with van der Waals surface area (Å²) in [6.07, 6.45) is 6.81. The van der Waals surface area contributed by atoms with Gasteiger partial charge in [-0.25, -0.2) is 0 Å². The SMILES string of the molecule is C=CCNC(=O)C1(Cc2ccc(-c3ccccc3)cc2)CCN(C(=O)c2cccnc2)CC1. The zero-order valence-corrected chi connectivity index (χ0v) is 18.7. The van der Waals surface area contributed by atoms with Crippen molar-refractivity contribution >= 4 is 11.8 Å². The van der Waals surface area contributed by atoms with Crippen LogP contribution >= 0.6 is 0 Å². The van der Waals surface area contributed by atoms with Gasteiger partial charge >= 0.3 is 0 Å². The largest absolute Gasteiger partial charge is 0.352 e. The van der Waals surface area contributed by atoms with Gasteiger partial charge in [0.1, 0.15) is 0 Å². The van der Waals surface area contributed by atoms with Gasteiger partial charge in [-0.1, -0.05) is 60.7 Å². The van der Waals surface area contributed by atoms with E-state index in [1.165, 1.54) is 5.56 Å². The highest BCUT2D eigenvalue weighted by molar-refractivity contribution is 5.94. The molecule has 1 aliphatic heterocycles. The predicted octanol–water partition coefficient (Wildman–Crippen LogP) is 4.52. The minimum absolute atomic E-state index is 0.0306. The van der Waals surface area contributed by atoms with Crippen molar-refractivity contribution in [1.29, 1.82) is 0 Å². The van der Waals surface area contributed by atoms with Crippen LogP contribution < -0.4 is 5.32 Å². The molecule has 0 spiro atoms. The lowest BCUT2D eigenvalue weighted by Gasteiger charge is -2.41. The molecule has 1 fully saturated rings. The Bertz CT molecular complexity index is 1090. The van der Waals surface area contributed by atoms with Gasteiger partial charge in [0, 0.05) is 32.0 Å². The third-order valence-corrected chi connectivity index (χ3v) is 6.41. The van der Waals surface area contributed by atoms with E-state index in [9.17, 15) is 9.59 Å². The van der Waals surface area contributed by atoms with E-state index in [1.54, 1.807) is 30.6 Å². The molecular formula is C28H29N3O2. The Morgan fingerprint density at radius 2 is 1.67 bits per heavy atom. The number of nitrogens with one attached hydrogen (secondary N) is 1. The molecule has 0 saturated carbocycles. The minimum Gasteiger partial charge on any atom is -0.352 e. The normalized spacial score (nSPS) is 15.0. The summed E-state index contributed by atoms with van der Waals surface area (Å²) in [5, 5.41) is 3.01. The van der Waals surface area contributed by atoms with Crippen LogP contribution in [0, 0.1) is 5.41 Å². The minimum atomic E-state index is -0.553. The molecule has 1 aliphatic rings. The Labute approximate surface area is 195 Å². The average Bonchev–Trinajstić information content (AvgIpc) is 2.88. The maximum atomic E-state index is 13.2. The Morgan fingerprint density at radius 3 is 2.30 bits per heavy atom.